The Balaban J connectivity index is 2.56. The molecule has 0 aliphatic rings. The molecule has 156 valence electrons. The third-order valence-electron chi connectivity index (χ3n) is 3.99. The number of aliphatic hydroxyl groups excluding tert-OH is 1. The van der Waals surface area contributed by atoms with Crippen molar-refractivity contribution in [2.45, 2.75) is 39.2 Å². The molecule has 0 aliphatic heterocycles. The summed E-state index contributed by atoms with van der Waals surface area (Å²) in [5.41, 5.74) is 2.65. The molecule has 0 saturated heterocycles. The minimum atomic E-state index is -0.802. The summed E-state index contributed by atoms with van der Waals surface area (Å²) in [6.45, 7) is 5.14. The summed E-state index contributed by atoms with van der Waals surface area (Å²) in [4.78, 5) is 23.6. The van der Waals surface area contributed by atoms with E-state index in [9.17, 15) is 14.7 Å². The topological polar surface area (TPSA) is 111 Å². The van der Waals surface area contributed by atoms with Gasteiger partial charge in [0.15, 0.2) is 0 Å². The van der Waals surface area contributed by atoms with Crippen LogP contribution in [0.25, 0.3) is 0 Å². The van der Waals surface area contributed by atoms with Gasteiger partial charge in [0.25, 0.3) is 11.8 Å². The van der Waals surface area contributed by atoms with Gasteiger partial charge < -0.3 is 15.7 Å². The standard InChI is InChI=1S/C22H29N3O4/c1-3-5-15-23-16-19(26)10-8-6-7-9-17-11-13-18(14-12-17)21(27)24-20(4-2)22(28)25-29/h6,8,10-14,20,23,26,29H,3-5,15-16H2,1-2H3,(H,24,27)(H,25,28)/b8-6+,19-10-. The van der Waals surface area contributed by atoms with E-state index in [0.717, 1.165) is 24.9 Å². The number of hydrogen-bond acceptors (Lipinski definition) is 5. The van der Waals surface area contributed by atoms with Crippen molar-refractivity contribution in [2.75, 3.05) is 13.1 Å². The normalized spacial score (nSPS) is 12.2. The Morgan fingerprint density at radius 3 is 2.55 bits per heavy atom. The molecule has 1 atom stereocenters. The van der Waals surface area contributed by atoms with Crippen LogP contribution in [0.5, 0.6) is 0 Å². The molecule has 0 saturated carbocycles. The molecule has 0 bridgehead atoms. The Labute approximate surface area is 171 Å². The van der Waals surface area contributed by atoms with Crippen LogP contribution in [0, 0.1) is 11.8 Å². The van der Waals surface area contributed by atoms with Crippen molar-refractivity contribution >= 4 is 11.8 Å². The summed E-state index contributed by atoms with van der Waals surface area (Å²) in [7, 11) is 0. The van der Waals surface area contributed by atoms with E-state index in [4.69, 9.17) is 5.21 Å². The van der Waals surface area contributed by atoms with Gasteiger partial charge in [-0.15, -0.1) is 0 Å². The number of carbonyl (C=O) groups excluding carboxylic acids is 2. The summed E-state index contributed by atoms with van der Waals surface area (Å²) >= 11 is 0. The number of amides is 2. The van der Waals surface area contributed by atoms with Gasteiger partial charge in [-0.1, -0.05) is 38.2 Å². The van der Waals surface area contributed by atoms with Crippen molar-refractivity contribution < 1.29 is 19.9 Å². The van der Waals surface area contributed by atoms with E-state index in [1.54, 1.807) is 49.4 Å². The first kappa shape index (κ1) is 24.0. The fraction of sp³-hybridized carbons (Fsp3) is 0.364. The van der Waals surface area contributed by atoms with Gasteiger partial charge in [-0.3, -0.25) is 14.8 Å². The van der Waals surface area contributed by atoms with Crippen molar-refractivity contribution in [3.63, 3.8) is 0 Å². The number of hydrogen-bond donors (Lipinski definition) is 5. The molecule has 5 N–H and O–H groups in total. The van der Waals surface area contributed by atoms with E-state index in [-0.39, 0.29) is 5.76 Å². The minimum absolute atomic E-state index is 0.245. The van der Waals surface area contributed by atoms with Crippen molar-refractivity contribution in [3.8, 4) is 11.8 Å². The highest BCUT2D eigenvalue weighted by atomic mass is 16.5. The molecule has 0 spiro atoms. The zero-order valence-corrected chi connectivity index (χ0v) is 16.9. The number of allylic oxidation sites excluding steroid dienone is 3. The predicted octanol–water partition coefficient (Wildman–Crippen LogP) is 2.44. The van der Waals surface area contributed by atoms with Gasteiger partial charge in [-0.25, -0.2) is 5.48 Å². The molecular formula is C22H29N3O4. The summed E-state index contributed by atoms with van der Waals surface area (Å²) in [6, 6.07) is 5.82. The van der Waals surface area contributed by atoms with Crippen LogP contribution in [-0.2, 0) is 4.79 Å². The van der Waals surface area contributed by atoms with Gasteiger partial charge in [-0.2, -0.15) is 0 Å². The molecule has 1 unspecified atom stereocenters. The van der Waals surface area contributed by atoms with E-state index in [0.29, 0.717) is 18.5 Å². The van der Waals surface area contributed by atoms with Crippen molar-refractivity contribution in [2.24, 2.45) is 0 Å². The average molecular weight is 399 g/mol. The van der Waals surface area contributed by atoms with Gasteiger partial charge in [0, 0.05) is 11.1 Å². The highest BCUT2D eigenvalue weighted by Gasteiger charge is 2.18. The number of carbonyl (C=O) groups is 2. The second-order valence-electron chi connectivity index (χ2n) is 6.30. The number of hydroxylamine groups is 1. The Kier molecular flexibility index (Phi) is 11.6. The van der Waals surface area contributed by atoms with Gasteiger partial charge in [0.2, 0.25) is 0 Å². The fourth-order valence-corrected chi connectivity index (χ4v) is 2.29. The van der Waals surface area contributed by atoms with E-state index in [2.05, 4.69) is 29.4 Å². The Morgan fingerprint density at radius 1 is 1.21 bits per heavy atom. The Morgan fingerprint density at radius 2 is 1.93 bits per heavy atom. The molecular weight excluding hydrogens is 370 g/mol. The number of rotatable bonds is 10. The van der Waals surface area contributed by atoms with Gasteiger partial charge in [0.05, 0.1) is 6.54 Å². The van der Waals surface area contributed by atoms with Crippen LogP contribution < -0.4 is 16.1 Å². The number of aliphatic hydroxyl groups is 1. The second kappa shape index (κ2) is 14.0. The molecule has 0 radical (unpaired) electrons. The summed E-state index contributed by atoms with van der Waals surface area (Å²) < 4.78 is 0. The highest BCUT2D eigenvalue weighted by Crippen LogP contribution is 2.04. The monoisotopic (exact) mass is 399 g/mol. The molecule has 0 aliphatic carbocycles. The van der Waals surface area contributed by atoms with Crippen LogP contribution in [-0.4, -0.2) is 41.3 Å². The van der Waals surface area contributed by atoms with Crippen LogP contribution in [0.2, 0.25) is 0 Å². The molecule has 7 nitrogen and oxygen atoms in total. The zero-order valence-electron chi connectivity index (χ0n) is 16.9. The highest BCUT2D eigenvalue weighted by molar-refractivity contribution is 5.97. The lowest BCUT2D eigenvalue weighted by Gasteiger charge is -2.14. The first-order valence-corrected chi connectivity index (χ1v) is 9.63. The van der Waals surface area contributed by atoms with Gasteiger partial charge in [0.1, 0.15) is 11.8 Å². The van der Waals surface area contributed by atoms with E-state index in [1.807, 2.05) is 0 Å². The smallest absolute Gasteiger partial charge is 0.265 e. The van der Waals surface area contributed by atoms with E-state index in [1.165, 1.54) is 5.48 Å². The quantitative estimate of drug-likeness (QED) is 0.104. The minimum Gasteiger partial charge on any atom is -0.511 e. The Bertz CT molecular complexity index is 773. The van der Waals surface area contributed by atoms with Crippen LogP contribution >= 0.6 is 0 Å². The second-order valence-corrected chi connectivity index (χ2v) is 6.30. The number of nitrogens with one attached hydrogen (secondary N) is 3. The number of unbranched alkanes of at least 4 members (excludes halogenated alkanes) is 1. The van der Waals surface area contributed by atoms with Crippen LogP contribution in [0.1, 0.15) is 49.0 Å². The average Bonchev–Trinajstić information content (AvgIpc) is 2.74. The molecule has 2 amide bonds. The van der Waals surface area contributed by atoms with Crippen LogP contribution in [0.15, 0.2) is 48.3 Å². The molecule has 1 aromatic carbocycles. The molecule has 1 aromatic rings. The van der Waals surface area contributed by atoms with Gasteiger partial charge >= 0.3 is 0 Å². The molecule has 7 heteroatoms. The summed E-state index contributed by atoms with van der Waals surface area (Å²) in [6.07, 6.45) is 7.43. The Hall–Kier alpha value is -3.08. The van der Waals surface area contributed by atoms with Crippen molar-refractivity contribution in [3.05, 3.63) is 59.4 Å². The lowest BCUT2D eigenvalue weighted by atomic mass is 10.1. The SMILES string of the molecule is CCCCNC/C(O)=C/C=C/C#Cc1ccc(C(=O)NC(CC)C(=O)NO)cc1. The third kappa shape index (κ3) is 9.60. The van der Waals surface area contributed by atoms with E-state index >= 15 is 0 Å². The van der Waals surface area contributed by atoms with Gasteiger partial charge in [-0.05, 0) is 55.8 Å². The van der Waals surface area contributed by atoms with Crippen molar-refractivity contribution in [1.82, 2.24) is 16.1 Å². The fourth-order valence-electron chi connectivity index (χ4n) is 2.29. The maximum Gasteiger partial charge on any atom is 0.265 e. The predicted molar refractivity (Wildman–Crippen MR) is 112 cm³/mol. The molecule has 0 fully saturated rings. The first-order chi connectivity index (χ1) is 14.0. The molecule has 0 heterocycles. The molecule has 1 rings (SSSR count). The first-order valence-electron chi connectivity index (χ1n) is 9.63. The third-order valence-corrected chi connectivity index (χ3v) is 3.99. The molecule has 0 aromatic heterocycles. The zero-order chi connectivity index (χ0) is 21.5. The van der Waals surface area contributed by atoms with Crippen molar-refractivity contribution in [1.29, 1.82) is 0 Å². The lowest BCUT2D eigenvalue weighted by Crippen LogP contribution is -2.45. The van der Waals surface area contributed by atoms with E-state index < -0.39 is 17.9 Å². The molecule has 29 heavy (non-hydrogen) atoms. The summed E-state index contributed by atoms with van der Waals surface area (Å²) in [5, 5.41) is 24.1. The van der Waals surface area contributed by atoms with Crippen LogP contribution in [0.4, 0.5) is 0 Å². The number of benzene rings is 1. The maximum atomic E-state index is 12.2. The van der Waals surface area contributed by atoms with Crippen LogP contribution in [0.3, 0.4) is 0 Å². The summed E-state index contributed by atoms with van der Waals surface area (Å²) in [5.74, 6) is 4.97. The largest absolute Gasteiger partial charge is 0.511 e. The lowest BCUT2D eigenvalue weighted by molar-refractivity contribution is -0.131. The maximum absolute atomic E-state index is 12.2.